The van der Waals surface area contributed by atoms with Gasteiger partial charge in [-0.1, -0.05) is 66.7 Å². The average Bonchev–Trinajstić information content (AvgIpc) is 2.93. The van der Waals surface area contributed by atoms with Crippen molar-refractivity contribution in [2.45, 2.75) is 19.3 Å². The fourth-order valence-corrected chi connectivity index (χ4v) is 5.47. The smallest absolute Gasteiger partial charge is 0.0367 e. The number of hydrogen-bond acceptors (Lipinski definition) is 2. The number of anilines is 1. The number of benzene rings is 3. The number of hydrogen-bond donors (Lipinski definition) is 1. The van der Waals surface area contributed by atoms with Gasteiger partial charge in [0.1, 0.15) is 0 Å². The van der Waals surface area contributed by atoms with Crippen molar-refractivity contribution in [1.29, 1.82) is 0 Å². The zero-order chi connectivity index (χ0) is 20.0. The molecule has 0 aromatic heterocycles. The van der Waals surface area contributed by atoms with Gasteiger partial charge in [0.2, 0.25) is 0 Å². The third-order valence-electron chi connectivity index (χ3n) is 7.16. The van der Waals surface area contributed by atoms with E-state index >= 15 is 0 Å². The lowest BCUT2D eigenvalue weighted by atomic mass is 9.74. The van der Waals surface area contributed by atoms with E-state index in [1.165, 1.54) is 71.7 Å². The Morgan fingerprint density at radius 1 is 0.700 bits per heavy atom. The van der Waals surface area contributed by atoms with Crippen molar-refractivity contribution < 1.29 is 0 Å². The summed E-state index contributed by atoms with van der Waals surface area (Å²) in [7, 11) is 0. The molecule has 6 rings (SSSR count). The number of allylic oxidation sites excluding steroid dienone is 1. The third-order valence-corrected chi connectivity index (χ3v) is 7.16. The summed E-state index contributed by atoms with van der Waals surface area (Å²) in [6.07, 6.45) is 3.47. The molecule has 1 spiro atoms. The molecule has 0 unspecified atom stereocenters. The van der Waals surface area contributed by atoms with Crippen LogP contribution in [-0.4, -0.2) is 26.2 Å². The Labute approximate surface area is 179 Å². The van der Waals surface area contributed by atoms with Crippen LogP contribution in [0.5, 0.6) is 0 Å². The number of aryl methyl sites for hydroxylation is 1. The van der Waals surface area contributed by atoms with Crippen LogP contribution in [0.3, 0.4) is 0 Å². The van der Waals surface area contributed by atoms with Crippen molar-refractivity contribution in [1.82, 2.24) is 5.32 Å². The highest BCUT2D eigenvalue weighted by molar-refractivity contribution is 6.00. The lowest BCUT2D eigenvalue weighted by molar-refractivity contribution is 0.121. The van der Waals surface area contributed by atoms with Crippen LogP contribution in [0.15, 0.2) is 78.9 Å². The summed E-state index contributed by atoms with van der Waals surface area (Å²) in [5, 5.41) is 3.43. The number of nitrogens with zero attached hydrogens (tertiary/aromatic N) is 1. The van der Waals surface area contributed by atoms with Gasteiger partial charge in [-0.3, -0.25) is 0 Å². The van der Waals surface area contributed by atoms with E-state index < -0.39 is 0 Å². The third kappa shape index (κ3) is 2.98. The lowest BCUT2D eigenvalue weighted by Gasteiger charge is -2.57. The summed E-state index contributed by atoms with van der Waals surface area (Å²) in [4.78, 5) is 2.53. The monoisotopic (exact) mass is 392 g/mol. The van der Waals surface area contributed by atoms with Gasteiger partial charge in [-0.15, -0.1) is 0 Å². The van der Waals surface area contributed by atoms with Crippen LogP contribution in [0.1, 0.15) is 35.1 Å². The topological polar surface area (TPSA) is 15.3 Å². The van der Waals surface area contributed by atoms with E-state index in [0.29, 0.717) is 5.41 Å². The number of rotatable bonds is 3. The molecule has 30 heavy (non-hydrogen) atoms. The van der Waals surface area contributed by atoms with E-state index in [2.05, 4.69) is 89.1 Å². The zero-order valence-electron chi connectivity index (χ0n) is 17.4. The van der Waals surface area contributed by atoms with Crippen LogP contribution in [0.4, 0.5) is 5.69 Å². The molecule has 2 saturated heterocycles. The van der Waals surface area contributed by atoms with E-state index in [1.54, 1.807) is 0 Å². The second-order valence-corrected chi connectivity index (χ2v) is 9.24. The predicted molar refractivity (Wildman–Crippen MR) is 126 cm³/mol. The molecule has 0 amide bonds. The normalized spacial score (nSPS) is 19.7. The van der Waals surface area contributed by atoms with Crippen molar-refractivity contribution in [2.24, 2.45) is 5.41 Å². The van der Waals surface area contributed by atoms with E-state index in [-0.39, 0.29) is 0 Å². The van der Waals surface area contributed by atoms with Crippen molar-refractivity contribution >= 4 is 16.8 Å². The lowest BCUT2D eigenvalue weighted by Crippen LogP contribution is -2.71. The van der Waals surface area contributed by atoms with Gasteiger partial charge in [0, 0.05) is 37.3 Å². The molecule has 0 atom stereocenters. The van der Waals surface area contributed by atoms with Gasteiger partial charge in [-0.2, -0.15) is 0 Å². The summed E-state index contributed by atoms with van der Waals surface area (Å²) in [5.74, 6) is 0. The maximum atomic E-state index is 3.43. The molecule has 0 saturated carbocycles. The van der Waals surface area contributed by atoms with Crippen molar-refractivity contribution in [2.75, 3.05) is 31.1 Å². The quantitative estimate of drug-likeness (QED) is 0.643. The minimum absolute atomic E-state index is 0.557. The van der Waals surface area contributed by atoms with Gasteiger partial charge in [-0.25, -0.2) is 0 Å². The first kappa shape index (κ1) is 18.0. The van der Waals surface area contributed by atoms with Gasteiger partial charge in [0.25, 0.3) is 0 Å². The Bertz CT molecular complexity index is 1080. The first-order chi connectivity index (χ1) is 14.8. The van der Waals surface area contributed by atoms with Gasteiger partial charge < -0.3 is 10.2 Å². The van der Waals surface area contributed by atoms with Crippen LogP contribution in [0.25, 0.3) is 11.1 Å². The molecule has 2 aliphatic heterocycles. The first-order valence-corrected chi connectivity index (χ1v) is 11.2. The van der Waals surface area contributed by atoms with Crippen LogP contribution in [0.2, 0.25) is 0 Å². The maximum absolute atomic E-state index is 3.43. The van der Waals surface area contributed by atoms with E-state index in [0.717, 1.165) is 12.8 Å². The van der Waals surface area contributed by atoms with Crippen LogP contribution in [0, 0.1) is 5.41 Å². The molecule has 2 heterocycles. The molecular weight excluding hydrogens is 364 g/mol. The highest BCUT2D eigenvalue weighted by Crippen LogP contribution is 2.41. The number of fused-ring (bicyclic) bond motifs is 1. The molecular formula is C28H28N2. The second-order valence-electron chi connectivity index (χ2n) is 9.24. The van der Waals surface area contributed by atoms with E-state index in [9.17, 15) is 0 Å². The minimum Gasteiger partial charge on any atom is -0.370 e. The predicted octanol–water partition coefficient (Wildman–Crippen LogP) is 5.39. The van der Waals surface area contributed by atoms with Gasteiger partial charge in [0.05, 0.1) is 0 Å². The van der Waals surface area contributed by atoms with Gasteiger partial charge >= 0.3 is 0 Å². The highest BCUT2D eigenvalue weighted by atomic mass is 15.3. The summed E-state index contributed by atoms with van der Waals surface area (Å²) in [5.41, 5.74) is 10.4. The number of nitrogens with one attached hydrogen (secondary N) is 1. The van der Waals surface area contributed by atoms with Crippen molar-refractivity contribution in [3.05, 3.63) is 101 Å². The van der Waals surface area contributed by atoms with E-state index in [4.69, 9.17) is 0 Å². The van der Waals surface area contributed by atoms with Crippen molar-refractivity contribution in [3.8, 4) is 0 Å². The Kier molecular flexibility index (Phi) is 4.28. The summed E-state index contributed by atoms with van der Waals surface area (Å²) >= 11 is 0. The molecule has 150 valence electrons. The molecule has 3 aromatic rings. The molecule has 2 fully saturated rings. The van der Waals surface area contributed by atoms with Gasteiger partial charge in [0.15, 0.2) is 0 Å². The average molecular weight is 393 g/mol. The molecule has 2 heteroatoms. The molecule has 2 nitrogen and oxygen atoms in total. The minimum atomic E-state index is 0.557. The van der Waals surface area contributed by atoms with Gasteiger partial charge in [-0.05, 0) is 64.8 Å². The standard InChI is InChI=1S/C28H28N2/c1-2-7-21(8-3-1)26-12-6-10-22-9-4-5-11-25(22)27(26)23-13-15-24(16-14-23)30-19-28(20-30)17-29-18-28/h1-5,7-9,11,13-16,29H,6,10,12,17-20H2. The summed E-state index contributed by atoms with van der Waals surface area (Å²) < 4.78 is 0. The molecule has 3 aromatic carbocycles. The SMILES string of the molecule is c1ccc(C2=C(c3ccc(N4CC5(CNC5)C4)cc3)c3ccccc3CCC2)cc1. The van der Waals surface area contributed by atoms with Crippen LogP contribution >= 0.6 is 0 Å². The first-order valence-electron chi connectivity index (χ1n) is 11.2. The Hall–Kier alpha value is -2.84. The van der Waals surface area contributed by atoms with Crippen LogP contribution < -0.4 is 10.2 Å². The molecule has 0 bridgehead atoms. The fourth-order valence-electron chi connectivity index (χ4n) is 5.47. The Morgan fingerprint density at radius 2 is 1.43 bits per heavy atom. The Morgan fingerprint density at radius 3 is 2.17 bits per heavy atom. The van der Waals surface area contributed by atoms with Crippen molar-refractivity contribution in [3.63, 3.8) is 0 Å². The second kappa shape index (κ2) is 7.14. The molecule has 0 radical (unpaired) electrons. The molecule has 1 aliphatic carbocycles. The summed E-state index contributed by atoms with van der Waals surface area (Å²) in [6, 6.07) is 29.3. The molecule has 3 aliphatic rings. The van der Waals surface area contributed by atoms with E-state index in [1.807, 2.05) is 0 Å². The highest BCUT2D eigenvalue weighted by Gasteiger charge is 2.47. The Balaban J connectivity index is 1.41. The fraction of sp³-hybridized carbons (Fsp3) is 0.286. The van der Waals surface area contributed by atoms with Crippen LogP contribution in [-0.2, 0) is 6.42 Å². The maximum Gasteiger partial charge on any atom is 0.0367 e. The molecule has 1 N–H and O–H groups in total. The zero-order valence-corrected chi connectivity index (χ0v) is 17.4. The largest absolute Gasteiger partial charge is 0.370 e. The summed E-state index contributed by atoms with van der Waals surface area (Å²) in [6.45, 7) is 4.76.